The lowest BCUT2D eigenvalue weighted by molar-refractivity contribution is 0.328. The molecule has 2 N–H and O–H groups in total. The quantitative estimate of drug-likeness (QED) is 0.842. The highest BCUT2D eigenvalue weighted by Crippen LogP contribution is 2.16. The Morgan fingerprint density at radius 3 is 3.00 bits per heavy atom. The molecule has 0 aromatic carbocycles. The summed E-state index contributed by atoms with van der Waals surface area (Å²) in [5, 5.41) is 3.21. The van der Waals surface area contributed by atoms with Gasteiger partial charge < -0.3 is 15.0 Å². The van der Waals surface area contributed by atoms with Gasteiger partial charge in [-0.15, -0.1) is 0 Å². The van der Waals surface area contributed by atoms with Gasteiger partial charge in [-0.3, -0.25) is 0 Å². The predicted molar refractivity (Wildman–Crippen MR) is 79.2 cm³/mol. The maximum absolute atomic E-state index is 11.6. The van der Waals surface area contributed by atoms with E-state index in [0.29, 0.717) is 31.1 Å². The molecule has 114 valence electrons. The second kappa shape index (κ2) is 5.61. The van der Waals surface area contributed by atoms with Crippen LogP contribution in [-0.4, -0.2) is 54.1 Å². The first kappa shape index (κ1) is 14.3. The second-order valence-electron chi connectivity index (χ2n) is 5.11. The molecule has 2 aromatic rings. The fourth-order valence-electron chi connectivity index (χ4n) is 2.48. The number of nitrogens with one attached hydrogen (secondary N) is 2. The van der Waals surface area contributed by atoms with Gasteiger partial charge >= 0.3 is 0 Å². The van der Waals surface area contributed by atoms with Crippen molar-refractivity contribution in [3.8, 4) is 5.88 Å². The summed E-state index contributed by atoms with van der Waals surface area (Å²) in [6.07, 6.45) is 0.541. The van der Waals surface area contributed by atoms with Crippen molar-refractivity contribution >= 4 is 21.0 Å². The van der Waals surface area contributed by atoms with Gasteiger partial charge in [0.15, 0.2) is 15.5 Å². The standard InChI is InChI=1S/C13H18N4O3S/c1-2-20-12-4-3-10-13(17-12)16-11(15-10)7-9-8-21(18,19)6-5-14-9/h3-4,9,14H,2,5-8H2,1H3,(H,15,16,17). The summed E-state index contributed by atoms with van der Waals surface area (Å²) in [6, 6.07) is 3.56. The van der Waals surface area contributed by atoms with Gasteiger partial charge in [0, 0.05) is 25.1 Å². The third-order valence-electron chi connectivity index (χ3n) is 3.40. The molecule has 3 rings (SSSR count). The summed E-state index contributed by atoms with van der Waals surface area (Å²) < 4.78 is 28.6. The second-order valence-corrected chi connectivity index (χ2v) is 7.34. The Morgan fingerprint density at radius 2 is 2.24 bits per heavy atom. The number of imidazole rings is 1. The van der Waals surface area contributed by atoms with Crippen molar-refractivity contribution in [1.29, 1.82) is 0 Å². The minimum absolute atomic E-state index is 0.101. The lowest BCUT2D eigenvalue weighted by Crippen LogP contribution is -2.46. The first-order valence-corrected chi connectivity index (χ1v) is 8.80. The van der Waals surface area contributed by atoms with Gasteiger partial charge in [-0.05, 0) is 13.0 Å². The van der Waals surface area contributed by atoms with Crippen LogP contribution in [0.15, 0.2) is 12.1 Å². The van der Waals surface area contributed by atoms with Crippen molar-refractivity contribution in [1.82, 2.24) is 20.3 Å². The van der Waals surface area contributed by atoms with E-state index in [0.717, 1.165) is 11.3 Å². The number of pyridine rings is 1. The van der Waals surface area contributed by atoms with E-state index in [1.807, 2.05) is 13.0 Å². The Labute approximate surface area is 123 Å². The molecule has 2 aromatic heterocycles. The SMILES string of the molecule is CCOc1ccc2[nH]c(CC3CS(=O)(=O)CCN3)nc2n1. The van der Waals surface area contributed by atoms with E-state index in [4.69, 9.17) is 4.74 Å². The number of H-pyrrole nitrogens is 1. The van der Waals surface area contributed by atoms with E-state index >= 15 is 0 Å². The summed E-state index contributed by atoms with van der Waals surface area (Å²) in [6.45, 7) is 2.96. The van der Waals surface area contributed by atoms with Crippen LogP contribution in [0.2, 0.25) is 0 Å². The predicted octanol–water partition coefficient (Wildman–Crippen LogP) is 0.286. The van der Waals surface area contributed by atoms with E-state index in [-0.39, 0.29) is 17.5 Å². The van der Waals surface area contributed by atoms with Crippen molar-refractivity contribution in [2.24, 2.45) is 0 Å². The molecule has 0 spiro atoms. The summed E-state index contributed by atoms with van der Waals surface area (Å²) in [5.74, 6) is 1.65. The average molecular weight is 310 g/mol. The van der Waals surface area contributed by atoms with Gasteiger partial charge in [-0.2, -0.15) is 4.98 Å². The highest BCUT2D eigenvalue weighted by atomic mass is 32.2. The normalized spacial score (nSPS) is 21.5. The van der Waals surface area contributed by atoms with Gasteiger partial charge in [-0.1, -0.05) is 0 Å². The third-order valence-corrected chi connectivity index (χ3v) is 5.14. The highest BCUT2D eigenvalue weighted by Gasteiger charge is 2.25. The van der Waals surface area contributed by atoms with E-state index in [9.17, 15) is 8.42 Å². The van der Waals surface area contributed by atoms with Crippen LogP contribution in [0.3, 0.4) is 0 Å². The number of nitrogens with zero attached hydrogens (tertiary/aromatic N) is 2. The smallest absolute Gasteiger partial charge is 0.215 e. The van der Waals surface area contributed by atoms with Crippen LogP contribution < -0.4 is 10.1 Å². The number of sulfone groups is 1. The lowest BCUT2D eigenvalue weighted by Gasteiger charge is -2.22. The minimum Gasteiger partial charge on any atom is -0.478 e. The number of hydrogen-bond donors (Lipinski definition) is 2. The number of aromatic nitrogens is 3. The van der Waals surface area contributed by atoms with Crippen LogP contribution in [0.4, 0.5) is 0 Å². The topological polar surface area (TPSA) is 97.0 Å². The van der Waals surface area contributed by atoms with Crippen LogP contribution in [0, 0.1) is 0 Å². The number of ether oxygens (including phenoxy) is 1. The Balaban J connectivity index is 1.78. The molecule has 0 bridgehead atoms. The van der Waals surface area contributed by atoms with Crippen molar-refractivity contribution in [3.63, 3.8) is 0 Å². The van der Waals surface area contributed by atoms with E-state index in [2.05, 4.69) is 20.3 Å². The lowest BCUT2D eigenvalue weighted by atomic mass is 10.2. The summed E-state index contributed by atoms with van der Waals surface area (Å²) in [7, 11) is -2.94. The maximum atomic E-state index is 11.6. The Bertz CT molecular complexity index is 741. The Hall–Kier alpha value is -1.67. The fraction of sp³-hybridized carbons (Fsp3) is 0.538. The van der Waals surface area contributed by atoms with E-state index < -0.39 is 9.84 Å². The molecule has 0 aliphatic carbocycles. The van der Waals surface area contributed by atoms with Crippen molar-refractivity contribution in [2.75, 3.05) is 24.7 Å². The molecule has 1 unspecified atom stereocenters. The molecule has 1 fully saturated rings. The molecule has 3 heterocycles. The van der Waals surface area contributed by atoms with E-state index in [1.165, 1.54) is 0 Å². The third kappa shape index (κ3) is 3.33. The molecule has 0 radical (unpaired) electrons. The molecule has 8 heteroatoms. The molecule has 1 saturated heterocycles. The maximum Gasteiger partial charge on any atom is 0.215 e. The van der Waals surface area contributed by atoms with Gasteiger partial charge in [0.05, 0.1) is 23.6 Å². The van der Waals surface area contributed by atoms with Crippen LogP contribution in [0.5, 0.6) is 5.88 Å². The van der Waals surface area contributed by atoms with Crippen molar-refractivity contribution < 1.29 is 13.2 Å². The summed E-state index contributed by atoms with van der Waals surface area (Å²) in [4.78, 5) is 11.9. The molecule has 21 heavy (non-hydrogen) atoms. The van der Waals surface area contributed by atoms with Gasteiger partial charge in [0.2, 0.25) is 5.88 Å². The Morgan fingerprint density at radius 1 is 1.38 bits per heavy atom. The Kier molecular flexibility index (Phi) is 3.81. The largest absolute Gasteiger partial charge is 0.478 e. The average Bonchev–Trinajstić information content (AvgIpc) is 2.79. The molecule has 1 atom stereocenters. The zero-order chi connectivity index (χ0) is 14.9. The molecular weight excluding hydrogens is 292 g/mol. The van der Waals surface area contributed by atoms with E-state index in [1.54, 1.807) is 6.07 Å². The highest BCUT2D eigenvalue weighted by molar-refractivity contribution is 7.91. The number of fused-ring (bicyclic) bond motifs is 1. The van der Waals surface area contributed by atoms with Gasteiger partial charge in [0.25, 0.3) is 0 Å². The molecule has 1 aliphatic heterocycles. The molecule has 7 nitrogen and oxygen atoms in total. The van der Waals surface area contributed by atoms with Crippen molar-refractivity contribution in [2.45, 2.75) is 19.4 Å². The molecule has 0 amide bonds. The first-order chi connectivity index (χ1) is 10.1. The zero-order valence-electron chi connectivity index (χ0n) is 11.8. The summed E-state index contributed by atoms with van der Waals surface area (Å²) in [5.41, 5.74) is 1.42. The van der Waals surface area contributed by atoms with Crippen molar-refractivity contribution in [3.05, 3.63) is 18.0 Å². The number of rotatable bonds is 4. The van der Waals surface area contributed by atoms with Gasteiger partial charge in [0.1, 0.15) is 5.82 Å². The first-order valence-electron chi connectivity index (χ1n) is 6.98. The van der Waals surface area contributed by atoms with Crippen LogP contribution in [0.25, 0.3) is 11.2 Å². The fourth-order valence-corrected chi connectivity index (χ4v) is 3.93. The number of aromatic amines is 1. The monoisotopic (exact) mass is 310 g/mol. The molecule has 0 saturated carbocycles. The van der Waals surface area contributed by atoms with Crippen LogP contribution in [-0.2, 0) is 16.3 Å². The summed E-state index contributed by atoms with van der Waals surface area (Å²) >= 11 is 0. The molecule has 1 aliphatic rings. The molecular formula is C13H18N4O3S. The zero-order valence-corrected chi connectivity index (χ0v) is 12.6. The van der Waals surface area contributed by atoms with Crippen LogP contribution in [0.1, 0.15) is 12.7 Å². The minimum atomic E-state index is -2.94. The van der Waals surface area contributed by atoms with Gasteiger partial charge in [-0.25, -0.2) is 13.4 Å². The number of hydrogen-bond acceptors (Lipinski definition) is 6. The van der Waals surface area contributed by atoms with Crippen LogP contribution >= 0.6 is 0 Å².